The number of rotatable bonds is 4. The molecule has 0 bridgehead atoms. The maximum absolute atomic E-state index is 12.6. The van der Waals surface area contributed by atoms with E-state index in [0.29, 0.717) is 13.2 Å². The second kappa shape index (κ2) is 6.57. The minimum atomic E-state index is -0.0372. The molecule has 1 atom stereocenters. The van der Waals surface area contributed by atoms with Gasteiger partial charge in [-0.2, -0.15) is 0 Å². The molecular weight excluding hydrogens is 278 g/mol. The number of hydrogen-bond acceptors (Lipinski definition) is 4. The Labute approximate surface area is 132 Å². The Morgan fingerprint density at radius 3 is 2.64 bits per heavy atom. The molecular formula is C17H27N3O2. The van der Waals surface area contributed by atoms with Crippen molar-refractivity contribution in [1.82, 2.24) is 10.2 Å². The molecule has 0 aromatic heterocycles. The number of allylic oxidation sites excluding steroid dienone is 2. The summed E-state index contributed by atoms with van der Waals surface area (Å²) in [6.45, 7) is 9.70. The van der Waals surface area contributed by atoms with Gasteiger partial charge in [0.25, 0.3) is 0 Å². The molecule has 1 amide bonds. The molecule has 1 fully saturated rings. The first-order valence-electron chi connectivity index (χ1n) is 7.85. The molecule has 5 heteroatoms. The Bertz CT molecular complexity index is 510. The third-order valence-corrected chi connectivity index (χ3v) is 4.06. The molecule has 0 aliphatic carbocycles. The molecule has 2 rings (SSSR count). The molecule has 2 aliphatic heterocycles. The predicted molar refractivity (Wildman–Crippen MR) is 87.6 cm³/mol. The van der Waals surface area contributed by atoms with Crippen LogP contribution in [0.4, 0.5) is 0 Å². The zero-order valence-corrected chi connectivity index (χ0v) is 13.9. The lowest BCUT2D eigenvalue weighted by Gasteiger charge is -2.37. The first-order chi connectivity index (χ1) is 10.4. The summed E-state index contributed by atoms with van der Waals surface area (Å²) in [4.78, 5) is 14.7. The normalized spacial score (nSPS) is 23.1. The van der Waals surface area contributed by atoms with Crippen LogP contribution in [0, 0.1) is 5.41 Å². The van der Waals surface area contributed by atoms with Crippen LogP contribution in [0.1, 0.15) is 34.1 Å². The molecule has 0 spiro atoms. The summed E-state index contributed by atoms with van der Waals surface area (Å²) in [5.74, 6) is -0.00887. The lowest BCUT2D eigenvalue weighted by molar-refractivity contribution is -0.122. The summed E-state index contributed by atoms with van der Waals surface area (Å²) < 4.78 is 5.13. The maximum Gasteiger partial charge on any atom is 0.249 e. The largest absolute Gasteiger partial charge is 0.403 e. The first kappa shape index (κ1) is 16.6. The van der Waals surface area contributed by atoms with Crippen LogP contribution in [0.5, 0.6) is 0 Å². The lowest BCUT2D eigenvalue weighted by atomic mass is 9.82. The summed E-state index contributed by atoms with van der Waals surface area (Å²) in [6, 6.07) is 0.139. The third-order valence-electron chi connectivity index (χ3n) is 4.06. The zero-order chi connectivity index (χ0) is 16.3. The SMILES string of the molecule is CCC1C(C(=O)NC2COC2)=CC(C(C)(C)C)=CN1/C=C\N. The van der Waals surface area contributed by atoms with Crippen molar-refractivity contribution >= 4 is 5.91 Å². The molecule has 0 radical (unpaired) electrons. The maximum atomic E-state index is 12.6. The quantitative estimate of drug-likeness (QED) is 0.832. The van der Waals surface area contributed by atoms with E-state index in [9.17, 15) is 4.79 Å². The van der Waals surface area contributed by atoms with E-state index in [1.807, 2.05) is 17.2 Å². The second-order valence-corrected chi connectivity index (χ2v) is 6.85. The number of ether oxygens (including phenoxy) is 1. The van der Waals surface area contributed by atoms with Gasteiger partial charge in [0.15, 0.2) is 0 Å². The molecule has 1 saturated heterocycles. The second-order valence-electron chi connectivity index (χ2n) is 6.85. The Kier molecular flexibility index (Phi) is 4.96. The number of nitrogens with two attached hydrogens (primary N) is 1. The zero-order valence-electron chi connectivity index (χ0n) is 13.9. The highest BCUT2D eigenvalue weighted by molar-refractivity contribution is 5.95. The molecule has 2 aliphatic rings. The molecule has 3 N–H and O–H groups in total. The van der Waals surface area contributed by atoms with Gasteiger partial charge in [0.2, 0.25) is 5.91 Å². The van der Waals surface area contributed by atoms with Crippen molar-refractivity contribution in [2.45, 2.75) is 46.2 Å². The van der Waals surface area contributed by atoms with E-state index in [-0.39, 0.29) is 23.4 Å². The van der Waals surface area contributed by atoms with E-state index < -0.39 is 0 Å². The Balaban J connectivity index is 2.30. The fourth-order valence-electron chi connectivity index (χ4n) is 2.60. The van der Waals surface area contributed by atoms with Gasteiger partial charge in [0, 0.05) is 24.2 Å². The molecule has 1 unspecified atom stereocenters. The lowest BCUT2D eigenvalue weighted by Crippen LogP contribution is -2.51. The fourth-order valence-corrected chi connectivity index (χ4v) is 2.60. The topological polar surface area (TPSA) is 67.6 Å². The third kappa shape index (κ3) is 3.53. The van der Waals surface area contributed by atoms with Crippen molar-refractivity contribution in [2.75, 3.05) is 13.2 Å². The van der Waals surface area contributed by atoms with Gasteiger partial charge in [-0.3, -0.25) is 4.79 Å². The van der Waals surface area contributed by atoms with Crippen molar-refractivity contribution in [3.8, 4) is 0 Å². The highest BCUT2D eigenvalue weighted by Gasteiger charge is 2.32. The fraction of sp³-hybridized carbons (Fsp3) is 0.588. The average molecular weight is 305 g/mol. The molecule has 5 nitrogen and oxygen atoms in total. The van der Waals surface area contributed by atoms with Crippen LogP contribution in [0.2, 0.25) is 0 Å². The molecule has 122 valence electrons. The van der Waals surface area contributed by atoms with Crippen LogP contribution in [0.15, 0.2) is 35.8 Å². The van der Waals surface area contributed by atoms with E-state index in [0.717, 1.165) is 17.6 Å². The number of nitrogens with one attached hydrogen (secondary N) is 1. The number of amides is 1. The smallest absolute Gasteiger partial charge is 0.249 e. The van der Waals surface area contributed by atoms with Crippen molar-refractivity contribution in [3.05, 3.63) is 35.8 Å². The van der Waals surface area contributed by atoms with Crippen LogP contribution in [-0.2, 0) is 9.53 Å². The van der Waals surface area contributed by atoms with Gasteiger partial charge in [-0.25, -0.2) is 0 Å². The van der Waals surface area contributed by atoms with Gasteiger partial charge >= 0.3 is 0 Å². The number of carbonyl (C=O) groups is 1. The first-order valence-corrected chi connectivity index (χ1v) is 7.85. The Morgan fingerprint density at radius 1 is 1.50 bits per heavy atom. The van der Waals surface area contributed by atoms with E-state index in [1.54, 1.807) is 0 Å². The van der Waals surface area contributed by atoms with Crippen LogP contribution in [0.3, 0.4) is 0 Å². The average Bonchev–Trinajstić information content (AvgIpc) is 2.41. The van der Waals surface area contributed by atoms with Gasteiger partial charge in [-0.1, -0.05) is 27.7 Å². The van der Waals surface area contributed by atoms with Crippen LogP contribution >= 0.6 is 0 Å². The Morgan fingerprint density at radius 2 is 2.18 bits per heavy atom. The van der Waals surface area contributed by atoms with E-state index in [4.69, 9.17) is 10.5 Å². The molecule has 0 aromatic carbocycles. The number of carbonyl (C=O) groups excluding carboxylic acids is 1. The van der Waals surface area contributed by atoms with E-state index >= 15 is 0 Å². The summed E-state index contributed by atoms with van der Waals surface area (Å²) in [7, 11) is 0. The van der Waals surface area contributed by atoms with Gasteiger partial charge < -0.3 is 20.7 Å². The molecule has 0 saturated carbocycles. The standard InChI is InChI=1S/C17H27N3O2/c1-5-15-14(16(21)19-13-10-22-11-13)8-12(17(2,3)4)9-20(15)7-6-18/h6-9,13,15H,5,10-11,18H2,1-4H3,(H,19,21)/b7-6-. The summed E-state index contributed by atoms with van der Waals surface area (Å²) >= 11 is 0. The van der Waals surface area contributed by atoms with Gasteiger partial charge in [0.1, 0.15) is 0 Å². The monoisotopic (exact) mass is 305 g/mol. The summed E-state index contributed by atoms with van der Waals surface area (Å²) in [5, 5.41) is 3.04. The Hall–Kier alpha value is -1.75. The van der Waals surface area contributed by atoms with Crippen molar-refractivity contribution < 1.29 is 9.53 Å². The van der Waals surface area contributed by atoms with Crippen molar-refractivity contribution in [3.63, 3.8) is 0 Å². The van der Waals surface area contributed by atoms with Crippen molar-refractivity contribution in [2.24, 2.45) is 11.1 Å². The molecule has 0 aromatic rings. The predicted octanol–water partition coefficient (Wildman–Crippen LogP) is 1.88. The van der Waals surface area contributed by atoms with Crippen LogP contribution < -0.4 is 11.1 Å². The molecule has 2 heterocycles. The molecule has 22 heavy (non-hydrogen) atoms. The number of nitrogens with zero attached hydrogens (tertiary/aromatic N) is 1. The minimum absolute atomic E-state index is 0.00638. The van der Waals surface area contributed by atoms with Gasteiger partial charge in [-0.15, -0.1) is 0 Å². The van der Waals surface area contributed by atoms with Crippen LogP contribution in [-0.4, -0.2) is 36.1 Å². The summed E-state index contributed by atoms with van der Waals surface area (Å²) in [5.41, 5.74) is 7.45. The van der Waals surface area contributed by atoms with E-state index in [1.165, 1.54) is 6.20 Å². The highest BCUT2D eigenvalue weighted by atomic mass is 16.5. The van der Waals surface area contributed by atoms with Gasteiger partial charge in [0.05, 0.1) is 25.3 Å². The summed E-state index contributed by atoms with van der Waals surface area (Å²) in [6.07, 6.45) is 8.29. The van der Waals surface area contributed by atoms with Gasteiger partial charge in [-0.05, 0) is 23.5 Å². The van der Waals surface area contributed by atoms with Crippen LogP contribution in [0.25, 0.3) is 0 Å². The minimum Gasteiger partial charge on any atom is -0.403 e. The number of hydrogen-bond donors (Lipinski definition) is 2. The van der Waals surface area contributed by atoms with E-state index in [2.05, 4.69) is 39.2 Å². The van der Waals surface area contributed by atoms with Crippen molar-refractivity contribution in [1.29, 1.82) is 0 Å². The highest BCUT2D eigenvalue weighted by Crippen LogP contribution is 2.33.